The molecule has 1 N–H and O–H groups in total. The van der Waals surface area contributed by atoms with E-state index in [0.717, 1.165) is 31.1 Å². The topological polar surface area (TPSA) is 30.5 Å². The Balaban J connectivity index is 1.64. The maximum atomic E-state index is 5.54. The predicted octanol–water partition coefficient (Wildman–Crippen LogP) is 3.48. The SMILES string of the molecule is COc1cccc(C(C)NCc2ccc3c(c2)CCO3)c1. The summed E-state index contributed by atoms with van der Waals surface area (Å²) in [7, 11) is 1.70. The number of benzene rings is 2. The zero-order chi connectivity index (χ0) is 14.7. The molecule has 1 aliphatic heterocycles. The molecule has 0 aromatic heterocycles. The summed E-state index contributed by atoms with van der Waals surface area (Å²) in [6, 6.07) is 14.9. The normalized spacial score (nSPS) is 14.4. The molecule has 3 rings (SSSR count). The van der Waals surface area contributed by atoms with E-state index in [1.54, 1.807) is 7.11 Å². The van der Waals surface area contributed by atoms with Gasteiger partial charge in [0.2, 0.25) is 0 Å². The maximum Gasteiger partial charge on any atom is 0.122 e. The molecule has 2 aromatic rings. The summed E-state index contributed by atoms with van der Waals surface area (Å²) in [4.78, 5) is 0. The second kappa shape index (κ2) is 6.19. The van der Waals surface area contributed by atoms with Crippen LogP contribution in [-0.4, -0.2) is 13.7 Å². The highest BCUT2D eigenvalue weighted by atomic mass is 16.5. The lowest BCUT2D eigenvalue weighted by Crippen LogP contribution is -2.18. The third kappa shape index (κ3) is 3.19. The molecule has 0 aliphatic carbocycles. The van der Waals surface area contributed by atoms with Crippen LogP contribution in [-0.2, 0) is 13.0 Å². The van der Waals surface area contributed by atoms with Crippen LogP contribution < -0.4 is 14.8 Å². The number of methoxy groups -OCH3 is 1. The van der Waals surface area contributed by atoms with Crippen LogP contribution in [0.2, 0.25) is 0 Å². The van der Waals surface area contributed by atoms with Crippen molar-refractivity contribution < 1.29 is 9.47 Å². The molecule has 1 aliphatic rings. The Hall–Kier alpha value is -2.00. The van der Waals surface area contributed by atoms with Crippen molar-refractivity contribution in [2.24, 2.45) is 0 Å². The highest BCUT2D eigenvalue weighted by Crippen LogP contribution is 2.26. The summed E-state index contributed by atoms with van der Waals surface area (Å²) in [6.07, 6.45) is 1.02. The number of nitrogens with one attached hydrogen (secondary N) is 1. The smallest absolute Gasteiger partial charge is 0.122 e. The number of hydrogen-bond donors (Lipinski definition) is 1. The minimum atomic E-state index is 0.282. The van der Waals surface area contributed by atoms with Gasteiger partial charge in [0.1, 0.15) is 11.5 Å². The van der Waals surface area contributed by atoms with Crippen LogP contribution in [0.3, 0.4) is 0 Å². The quantitative estimate of drug-likeness (QED) is 0.911. The van der Waals surface area contributed by atoms with Gasteiger partial charge in [-0.3, -0.25) is 0 Å². The van der Waals surface area contributed by atoms with Crippen molar-refractivity contribution in [3.05, 3.63) is 59.2 Å². The van der Waals surface area contributed by atoms with Crippen LogP contribution in [0.5, 0.6) is 11.5 Å². The summed E-state index contributed by atoms with van der Waals surface area (Å²) < 4.78 is 10.8. The molecular weight excluding hydrogens is 262 g/mol. The van der Waals surface area contributed by atoms with E-state index in [0.29, 0.717) is 0 Å². The van der Waals surface area contributed by atoms with Gasteiger partial charge < -0.3 is 14.8 Å². The van der Waals surface area contributed by atoms with Crippen LogP contribution in [0.25, 0.3) is 0 Å². The van der Waals surface area contributed by atoms with E-state index in [1.165, 1.54) is 16.7 Å². The lowest BCUT2D eigenvalue weighted by molar-refractivity contribution is 0.357. The number of ether oxygens (including phenoxy) is 2. The van der Waals surface area contributed by atoms with Gasteiger partial charge in [-0.25, -0.2) is 0 Å². The first-order chi connectivity index (χ1) is 10.3. The lowest BCUT2D eigenvalue weighted by atomic mass is 10.1. The third-order valence-corrected chi connectivity index (χ3v) is 3.96. The number of rotatable bonds is 5. The molecule has 1 atom stereocenters. The molecule has 0 saturated heterocycles. The van der Waals surface area contributed by atoms with E-state index in [4.69, 9.17) is 9.47 Å². The van der Waals surface area contributed by atoms with E-state index in [-0.39, 0.29) is 6.04 Å². The zero-order valence-electron chi connectivity index (χ0n) is 12.6. The van der Waals surface area contributed by atoms with E-state index >= 15 is 0 Å². The summed E-state index contributed by atoms with van der Waals surface area (Å²) in [6.45, 7) is 3.84. The molecule has 21 heavy (non-hydrogen) atoms. The maximum absolute atomic E-state index is 5.54. The van der Waals surface area contributed by atoms with Crippen molar-refractivity contribution in [2.75, 3.05) is 13.7 Å². The molecule has 0 radical (unpaired) electrons. The molecule has 1 unspecified atom stereocenters. The fourth-order valence-corrected chi connectivity index (χ4v) is 2.65. The first kappa shape index (κ1) is 14.0. The van der Waals surface area contributed by atoms with E-state index in [2.05, 4.69) is 42.6 Å². The summed E-state index contributed by atoms with van der Waals surface area (Å²) in [5, 5.41) is 3.56. The molecule has 1 heterocycles. The fraction of sp³-hybridized carbons (Fsp3) is 0.333. The average molecular weight is 283 g/mol. The molecule has 0 amide bonds. The molecule has 3 heteroatoms. The molecule has 0 fully saturated rings. The van der Waals surface area contributed by atoms with Gasteiger partial charge in [-0.05, 0) is 41.8 Å². The minimum Gasteiger partial charge on any atom is -0.497 e. The molecule has 3 nitrogen and oxygen atoms in total. The van der Waals surface area contributed by atoms with Gasteiger partial charge >= 0.3 is 0 Å². The monoisotopic (exact) mass is 283 g/mol. The van der Waals surface area contributed by atoms with Crippen molar-refractivity contribution in [3.63, 3.8) is 0 Å². The van der Waals surface area contributed by atoms with Gasteiger partial charge in [-0.1, -0.05) is 24.3 Å². The Labute approximate surface area is 125 Å². The van der Waals surface area contributed by atoms with Crippen LogP contribution in [0.15, 0.2) is 42.5 Å². The highest BCUT2D eigenvalue weighted by molar-refractivity contribution is 5.39. The van der Waals surface area contributed by atoms with Crippen LogP contribution in [0, 0.1) is 0 Å². The van der Waals surface area contributed by atoms with E-state index < -0.39 is 0 Å². The molecule has 2 aromatic carbocycles. The largest absolute Gasteiger partial charge is 0.497 e. The first-order valence-corrected chi connectivity index (χ1v) is 7.38. The van der Waals surface area contributed by atoms with E-state index in [9.17, 15) is 0 Å². The standard InChI is InChI=1S/C18H21NO2/c1-13(15-4-3-5-17(11-15)20-2)19-12-14-6-7-18-16(10-14)8-9-21-18/h3-7,10-11,13,19H,8-9,12H2,1-2H3. The van der Waals surface area contributed by atoms with Crippen molar-refractivity contribution in [1.82, 2.24) is 5.32 Å². The van der Waals surface area contributed by atoms with Crippen molar-refractivity contribution in [3.8, 4) is 11.5 Å². The van der Waals surface area contributed by atoms with Crippen molar-refractivity contribution >= 4 is 0 Å². The third-order valence-electron chi connectivity index (χ3n) is 3.96. The van der Waals surface area contributed by atoms with Gasteiger partial charge in [0, 0.05) is 19.0 Å². The second-order valence-corrected chi connectivity index (χ2v) is 5.42. The van der Waals surface area contributed by atoms with Crippen LogP contribution >= 0.6 is 0 Å². The van der Waals surface area contributed by atoms with E-state index in [1.807, 2.05) is 12.1 Å². The van der Waals surface area contributed by atoms with Crippen LogP contribution in [0.4, 0.5) is 0 Å². The Bertz CT molecular complexity index is 624. The number of hydrogen-bond acceptors (Lipinski definition) is 3. The average Bonchev–Trinajstić information content (AvgIpc) is 3.00. The molecule has 0 spiro atoms. The second-order valence-electron chi connectivity index (χ2n) is 5.42. The fourth-order valence-electron chi connectivity index (χ4n) is 2.65. The minimum absolute atomic E-state index is 0.282. The highest BCUT2D eigenvalue weighted by Gasteiger charge is 2.12. The number of fused-ring (bicyclic) bond motifs is 1. The summed E-state index contributed by atoms with van der Waals surface area (Å²) >= 11 is 0. The molecule has 0 saturated carbocycles. The van der Waals surface area contributed by atoms with Gasteiger partial charge in [-0.2, -0.15) is 0 Å². The van der Waals surface area contributed by atoms with Gasteiger partial charge in [0.25, 0.3) is 0 Å². The first-order valence-electron chi connectivity index (χ1n) is 7.38. The molecule has 110 valence electrons. The van der Waals surface area contributed by atoms with Gasteiger partial charge in [-0.15, -0.1) is 0 Å². The Morgan fingerprint density at radius 3 is 3.00 bits per heavy atom. The Kier molecular flexibility index (Phi) is 4.11. The molecule has 0 bridgehead atoms. The molecular formula is C18H21NO2. The Morgan fingerprint density at radius 1 is 1.24 bits per heavy atom. The lowest BCUT2D eigenvalue weighted by Gasteiger charge is -2.15. The zero-order valence-corrected chi connectivity index (χ0v) is 12.6. The van der Waals surface area contributed by atoms with Crippen LogP contribution in [0.1, 0.15) is 29.7 Å². The van der Waals surface area contributed by atoms with Gasteiger partial charge in [0.15, 0.2) is 0 Å². The summed E-state index contributed by atoms with van der Waals surface area (Å²) in [5.74, 6) is 1.94. The van der Waals surface area contributed by atoms with Crippen molar-refractivity contribution in [1.29, 1.82) is 0 Å². The summed E-state index contributed by atoms with van der Waals surface area (Å²) in [5.41, 5.74) is 3.86. The Morgan fingerprint density at radius 2 is 2.14 bits per heavy atom. The van der Waals surface area contributed by atoms with Gasteiger partial charge in [0.05, 0.1) is 13.7 Å². The van der Waals surface area contributed by atoms with Crippen molar-refractivity contribution in [2.45, 2.75) is 25.9 Å². The predicted molar refractivity (Wildman–Crippen MR) is 83.9 cm³/mol.